The van der Waals surface area contributed by atoms with E-state index >= 15 is 0 Å². The second-order valence-electron chi connectivity index (χ2n) is 7.01. The van der Waals surface area contributed by atoms with Gasteiger partial charge in [0.05, 0.1) is 12.8 Å². The van der Waals surface area contributed by atoms with Crippen LogP contribution in [0.25, 0.3) is 0 Å². The fraction of sp³-hybridized carbons (Fsp3) is 0.350. The smallest absolute Gasteiger partial charge is 0.267 e. The molecule has 3 aromatic rings. The molecule has 0 spiro atoms. The lowest BCUT2D eigenvalue weighted by Crippen LogP contribution is -2.49. The van der Waals surface area contributed by atoms with E-state index in [2.05, 4.69) is 29.8 Å². The average Bonchev–Trinajstić information content (AvgIpc) is 3.19. The van der Waals surface area contributed by atoms with Gasteiger partial charge in [0.25, 0.3) is 5.91 Å². The minimum Gasteiger partial charge on any atom is -0.497 e. The number of methoxy groups -OCH3 is 1. The van der Waals surface area contributed by atoms with Gasteiger partial charge in [-0.3, -0.25) is 4.79 Å². The lowest BCUT2D eigenvalue weighted by molar-refractivity contribution is 0.0750. The van der Waals surface area contributed by atoms with Crippen molar-refractivity contribution in [1.29, 1.82) is 0 Å². The number of carbonyl (C=O) groups is 1. The molecule has 0 bridgehead atoms. The first-order valence-corrected chi connectivity index (χ1v) is 10.4. The highest BCUT2D eigenvalue weighted by Gasteiger charge is 2.26. The lowest BCUT2D eigenvalue weighted by atomic mass is 10.2. The number of anilines is 3. The Morgan fingerprint density at radius 3 is 2.47 bits per heavy atom. The molecular formula is C20H23N7O2S. The zero-order valence-electron chi connectivity index (χ0n) is 17.1. The number of ether oxygens (including phenoxy) is 1. The maximum Gasteiger partial charge on any atom is 0.267 e. The van der Waals surface area contributed by atoms with Crippen molar-refractivity contribution in [3.05, 3.63) is 46.6 Å². The maximum atomic E-state index is 12.7. The molecule has 1 N–H and O–H groups in total. The van der Waals surface area contributed by atoms with Crippen LogP contribution < -0.4 is 15.0 Å². The summed E-state index contributed by atoms with van der Waals surface area (Å²) in [6.45, 7) is 6.31. The number of hydrogen-bond acceptors (Lipinski definition) is 9. The van der Waals surface area contributed by atoms with E-state index in [0.717, 1.165) is 34.5 Å². The second kappa shape index (κ2) is 8.62. The summed E-state index contributed by atoms with van der Waals surface area (Å²) in [5.41, 5.74) is 2.48. The van der Waals surface area contributed by atoms with Crippen molar-refractivity contribution >= 4 is 34.9 Å². The first kappa shape index (κ1) is 20.0. The Balaban J connectivity index is 1.43. The van der Waals surface area contributed by atoms with Crippen molar-refractivity contribution in [3.8, 4) is 5.75 Å². The first-order chi connectivity index (χ1) is 14.5. The van der Waals surface area contributed by atoms with Gasteiger partial charge in [-0.25, -0.2) is 4.98 Å². The molecule has 1 aromatic carbocycles. The SMILES string of the molecule is COc1ccc(Nc2cc(C)nc(N3CCN(C(=O)c4snnc4C)CC3)n2)cc1. The second-order valence-corrected chi connectivity index (χ2v) is 7.77. The van der Waals surface area contributed by atoms with Gasteiger partial charge in [0, 0.05) is 43.6 Å². The maximum absolute atomic E-state index is 12.7. The number of nitrogens with zero attached hydrogens (tertiary/aromatic N) is 6. The summed E-state index contributed by atoms with van der Waals surface area (Å²) in [4.78, 5) is 26.5. The predicted octanol–water partition coefficient (Wildman–Crippen LogP) is 2.66. The average molecular weight is 426 g/mol. The molecule has 10 heteroatoms. The van der Waals surface area contributed by atoms with Gasteiger partial charge in [-0.1, -0.05) is 4.49 Å². The minimum absolute atomic E-state index is 0.00540. The normalized spacial score (nSPS) is 14.0. The Morgan fingerprint density at radius 1 is 1.10 bits per heavy atom. The highest BCUT2D eigenvalue weighted by Crippen LogP contribution is 2.22. The number of rotatable bonds is 5. The molecule has 0 atom stereocenters. The van der Waals surface area contributed by atoms with E-state index < -0.39 is 0 Å². The summed E-state index contributed by atoms with van der Waals surface area (Å²) in [7, 11) is 1.64. The zero-order chi connectivity index (χ0) is 21.1. The molecule has 0 aliphatic carbocycles. The van der Waals surface area contributed by atoms with Gasteiger partial charge < -0.3 is 19.9 Å². The van der Waals surface area contributed by atoms with Crippen LogP contribution in [0.4, 0.5) is 17.5 Å². The largest absolute Gasteiger partial charge is 0.497 e. The van der Waals surface area contributed by atoms with Gasteiger partial charge in [-0.2, -0.15) is 4.98 Å². The summed E-state index contributed by atoms with van der Waals surface area (Å²) in [6, 6.07) is 9.59. The van der Waals surface area contributed by atoms with Gasteiger partial charge in [-0.15, -0.1) is 5.10 Å². The molecule has 4 rings (SSSR count). The van der Waals surface area contributed by atoms with Crippen molar-refractivity contribution in [2.45, 2.75) is 13.8 Å². The van der Waals surface area contributed by atoms with Crippen molar-refractivity contribution in [1.82, 2.24) is 24.5 Å². The predicted molar refractivity (Wildman–Crippen MR) is 116 cm³/mol. The summed E-state index contributed by atoms with van der Waals surface area (Å²) >= 11 is 1.15. The van der Waals surface area contributed by atoms with Crippen molar-refractivity contribution in [2.75, 3.05) is 43.5 Å². The first-order valence-electron chi connectivity index (χ1n) is 9.63. The standard InChI is InChI=1S/C20H23N7O2S/c1-13-12-17(22-15-4-6-16(29-3)7-5-15)23-20(21-13)27-10-8-26(9-11-27)19(28)18-14(2)24-25-30-18/h4-7,12H,8-11H2,1-3H3,(H,21,22,23). The number of hydrogen-bond donors (Lipinski definition) is 1. The molecule has 1 saturated heterocycles. The van der Waals surface area contributed by atoms with Gasteiger partial charge in [0.1, 0.15) is 16.4 Å². The van der Waals surface area contributed by atoms with Crippen LogP contribution in [0.1, 0.15) is 21.1 Å². The van der Waals surface area contributed by atoms with Crippen LogP contribution in [0.15, 0.2) is 30.3 Å². The summed E-state index contributed by atoms with van der Waals surface area (Å²) < 4.78 is 9.06. The van der Waals surface area contributed by atoms with Crippen LogP contribution in [0.3, 0.4) is 0 Å². The molecular weight excluding hydrogens is 402 g/mol. The van der Waals surface area contributed by atoms with Crippen molar-refractivity contribution in [2.24, 2.45) is 0 Å². The highest BCUT2D eigenvalue weighted by atomic mass is 32.1. The van der Waals surface area contributed by atoms with E-state index in [1.165, 1.54) is 0 Å². The van der Waals surface area contributed by atoms with E-state index in [4.69, 9.17) is 4.74 Å². The summed E-state index contributed by atoms with van der Waals surface area (Å²) in [5, 5.41) is 7.25. The molecule has 9 nitrogen and oxygen atoms in total. The number of aromatic nitrogens is 4. The summed E-state index contributed by atoms with van der Waals surface area (Å²) in [5.74, 6) is 2.19. The van der Waals surface area contributed by atoms with E-state index in [1.54, 1.807) is 7.11 Å². The fourth-order valence-corrected chi connectivity index (χ4v) is 3.89. The van der Waals surface area contributed by atoms with Crippen molar-refractivity contribution in [3.63, 3.8) is 0 Å². The molecule has 1 amide bonds. The number of aryl methyl sites for hydroxylation is 2. The molecule has 0 saturated carbocycles. The number of amides is 1. The molecule has 0 unspecified atom stereocenters. The van der Waals surface area contributed by atoms with Gasteiger partial charge in [-0.05, 0) is 49.6 Å². The third kappa shape index (κ3) is 4.33. The highest BCUT2D eigenvalue weighted by molar-refractivity contribution is 7.07. The molecule has 156 valence electrons. The Labute approximate surface area is 178 Å². The zero-order valence-corrected chi connectivity index (χ0v) is 17.9. The minimum atomic E-state index is -0.00540. The third-order valence-corrected chi connectivity index (χ3v) is 5.72. The number of carbonyl (C=O) groups excluding carboxylic acids is 1. The molecule has 0 radical (unpaired) electrons. The molecule has 1 fully saturated rings. The van der Waals surface area contributed by atoms with Crippen molar-refractivity contribution < 1.29 is 9.53 Å². The molecule has 30 heavy (non-hydrogen) atoms. The van der Waals surface area contributed by atoms with E-state index in [9.17, 15) is 4.79 Å². The Hall–Kier alpha value is -3.27. The van der Waals surface area contributed by atoms with Crippen LogP contribution >= 0.6 is 11.5 Å². The monoisotopic (exact) mass is 425 g/mol. The summed E-state index contributed by atoms with van der Waals surface area (Å²) in [6.07, 6.45) is 0. The Kier molecular flexibility index (Phi) is 5.75. The third-order valence-electron chi connectivity index (χ3n) is 4.90. The quantitative estimate of drug-likeness (QED) is 0.667. The Morgan fingerprint density at radius 2 is 1.83 bits per heavy atom. The molecule has 1 aliphatic rings. The van der Waals surface area contributed by atoms with E-state index in [0.29, 0.717) is 42.7 Å². The molecule has 3 heterocycles. The molecule has 1 aliphatic heterocycles. The Bertz CT molecular complexity index is 1030. The lowest BCUT2D eigenvalue weighted by Gasteiger charge is -2.34. The fourth-order valence-electron chi connectivity index (χ4n) is 3.26. The number of benzene rings is 1. The van der Waals surface area contributed by atoms with Gasteiger partial charge >= 0.3 is 0 Å². The number of piperazine rings is 1. The van der Waals surface area contributed by atoms with E-state index in [1.807, 2.05) is 49.1 Å². The van der Waals surface area contributed by atoms with Crippen LogP contribution in [0, 0.1) is 13.8 Å². The van der Waals surface area contributed by atoms with Gasteiger partial charge in [0.15, 0.2) is 0 Å². The topological polar surface area (TPSA) is 96.4 Å². The van der Waals surface area contributed by atoms with Crippen LogP contribution in [0.2, 0.25) is 0 Å². The van der Waals surface area contributed by atoms with Crippen LogP contribution in [-0.2, 0) is 0 Å². The van der Waals surface area contributed by atoms with Crippen LogP contribution in [0.5, 0.6) is 5.75 Å². The molecule has 2 aromatic heterocycles. The van der Waals surface area contributed by atoms with Gasteiger partial charge in [0.2, 0.25) is 5.95 Å². The van der Waals surface area contributed by atoms with E-state index in [-0.39, 0.29) is 5.91 Å². The van der Waals surface area contributed by atoms with Crippen LogP contribution in [-0.4, -0.2) is 63.7 Å². The number of nitrogens with one attached hydrogen (secondary N) is 1.